The van der Waals surface area contributed by atoms with Gasteiger partial charge in [-0.15, -0.1) is 0 Å². The van der Waals surface area contributed by atoms with E-state index in [0.717, 1.165) is 27.7 Å². The van der Waals surface area contributed by atoms with Crippen LogP contribution in [0.4, 0.5) is 0 Å². The van der Waals surface area contributed by atoms with Crippen molar-refractivity contribution in [3.05, 3.63) is 102 Å². The fraction of sp³-hybridized carbons (Fsp3) is 0.303. The van der Waals surface area contributed by atoms with E-state index in [1.54, 1.807) is 12.1 Å². The van der Waals surface area contributed by atoms with Crippen LogP contribution in [0.25, 0.3) is 10.8 Å². The van der Waals surface area contributed by atoms with Crippen molar-refractivity contribution in [1.82, 2.24) is 20.6 Å². The molecule has 0 radical (unpaired) electrons. The Hall–Kier alpha value is -4.41. The fourth-order valence-electron chi connectivity index (χ4n) is 4.70. The van der Waals surface area contributed by atoms with Gasteiger partial charge in [0.2, 0.25) is 25.6 Å². The highest BCUT2D eigenvalue weighted by Crippen LogP contribution is 2.21. The Balaban J connectivity index is 1.44. The van der Waals surface area contributed by atoms with Gasteiger partial charge in [0.05, 0.1) is 12.4 Å². The van der Waals surface area contributed by atoms with E-state index in [0.29, 0.717) is 5.69 Å². The number of hydrogen-bond acceptors (Lipinski definition) is 8. The second-order valence-corrected chi connectivity index (χ2v) is 12.0. The first kappa shape index (κ1) is 32.0. The minimum absolute atomic E-state index is 0.00908. The number of carbonyl (C=O) groups excluding carboxylic acids is 3. The van der Waals surface area contributed by atoms with Gasteiger partial charge in [-0.1, -0.05) is 86.6 Å². The second-order valence-electron chi connectivity index (χ2n) is 11.0. The molecule has 4 rings (SSSR count). The Kier molecular flexibility index (Phi) is 11.8. The van der Waals surface area contributed by atoms with E-state index in [9.17, 15) is 19.3 Å². The number of nitrogens with zero attached hydrogens (tertiary/aromatic N) is 1. The number of nitrogens with two attached hydrogens (primary N) is 1. The molecule has 11 nitrogen and oxygen atoms in total. The molecule has 5 N–H and O–H groups in total. The lowest BCUT2D eigenvalue weighted by Gasteiger charge is -2.24. The highest BCUT2D eigenvalue weighted by Gasteiger charge is 2.29. The molecule has 4 atom stereocenters. The minimum Gasteiger partial charge on any atom is -0.603 e. The van der Waals surface area contributed by atoms with Gasteiger partial charge in [0.15, 0.2) is 6.23 Å². The lowest BCUT2D eigenvalue weighted by Crippen LogP contribution is -2.54. The Morgan fingerprint density at radius 1 is 1.02 bits per heavy atom. The summed E-state index contributed by atoms with van der Waals surface area (Å²) in [4.78, 5) is 59.0. The first-order valence-electron chi connectivity index (χ1n) is 15.1. The van der Waals surface area contributed by atoms with E-state index in [1.165, 1.54) is 12.5 Å². The normalized spacial score (nSPS) is 14.0. The second kappa shape index (κ2) is 16.6. The summed E-state index contributed by atoms with van der Waals surface area (Å²) in [6, 6.07) is 20.5. The van der Waals surface area contributed by atoms with Crippen molar-refractivity contribution in [1.29, 1.82) is 0 Å². The molecule has 0 saturated heterocycles. The molecule has 45 heavy (non-hydrogen) atoms. The summed E-state index contributed by atoms with van der Waals surface area (Å²) in [6.45, 7) is 3.80. The van der Waals surface area contributed by atoms with Gasteiger partial charge in [-0.3, -0.25) is 9.59 Å². The first-order valence-corrected chi connectivity index (χ1v) is 15.9. The molecule has 4 aromatic rings. The molecule has 1 aromatic heterocycles. The molecule has 1 heterocycles. The van der Waals surface area contributed by atoms with Gasteiger partial charge in [-0.2, -0.15) is 4.52 Å². The van der Waals surface area contributed by atoms with Crippen LogP contribution < -0.4 is 21.3 Å². The number of H-pyrrole nitrogens is 1. The number of nitrogens with one attached hydrogen (secondary N) is 3. The summed E-state index contributed by atoms with van der Waals surface area (Å²) in [7, 11) is -2.64. The molecule has 3 aromatic carbocycles. The van der Waals surface area contributed by atoms with Crippen LogP contribution in [-0.4, -0.2) is 51.9 Å². The molecule has 2 amide bonds. The van der Waals surface area contributed by atoms with Crippen LogP contribution >= 0.6 is 8.00 Å². The number of carbonyl (C=O) groups is 3. The highest BCUT2D eigenvalue weighted by atomic mass is 31.1. The van der Waals surface area contributed by atoms with Crippen LogP contribution in [0.15, 0.2) is 85.3 Å². The number of esters is 1. The standard InChI is InChI=1S/C33H38N5O6P/c1-22(2)15-30(44-45(42)20-31(39)43-19-23-9-4-3-5-10-23)38-33(41)29(17-26-18-35-21-36-26)37-32(40)28(34)16-25-13-8-12-24-11-6-7-14-27(24)25/h3-14,18,20-22,28-30H,15-17,19,34H2,1-2H3,(H,35,36)(H,37,40)(H,38,41)/t28-,29+,30+/m1/s1/i/hD. The zero-order chi connectivity index (χ0) is 32.9. The molecule has 236 valence electrons. The molecular formula is C33H38N5O6P. The van der Waals surface area contributed by atoms with E-state index in [1.807, 2.05) is 74.5 Å². The molecule has 12 heteroatoms. The Labute approximate surface area is 264 Å². The Bertz CT molecular complexity index is 1610. The third kappa shape index (κ3) is 10.6. The number of amides is 2. The van der Waals surface area contributed by atoms with Crippen LogP contribution in [0.3, 0.4) is 0 Å². The SMILES string of the molecule is [2H]N[C@H](Cc1cccc2ccccc12)C(=O)N[C@@H](Cc1cnc[nH]1)C(=O)N[C@H](CC(C)C)O[P+]([O-])=CC(=O)OCc1ccccc1. The molecule has 0 saturated carbocycles. The largest absolute Gasteiger partial charge is 0.603 e. The predicted molar refractivity (Wildman–Crippen MR) is 172 cm³/mol. The molecule has 0 fully saturated rings. The van der Waals surface area contributed by atoms with E-state index < -0.39 is 44.1 Å². The Morgan fingerprint density at radius 2 is 1.78 bits per heavy atom. The quantitative estimate of drug-likeness (QED) is 0.0830. The van der Waals surface area contributed by atoms with Crippen molar-refractivity contribution in [2.24, 2.45) is 11.6 Å². The predicted octanol–water partition coefficient (Wildman–Crippen LogP) is 2.88. The van der Waals surface area contributed by atoms with Crippen LogP contribution in [-0.2, 0) is 43.1 Å². The van der Waals surface area contributed by atoms with Crippen LogP contribution in [0.1, 0.15) is 37.1 Å². The molecule has 0 spiro atoms. The summed E-state index contributed by atoms with van der Waals surface area (Å²) >= 11 is 0. The summed E-state index contributed by atoms with van der Waals surface area (Å²) < 4.78 is 18.6. The summed E-state index contributed by atoms with van der Waals surface area (Å²) in [5, 5.41) is 7.46. The van der Waals surface area contributed by atoms with E-state index >= 15 is 0 Å². The molecule has 0 aliphatic carbocycles. The van der Waals surface area contributed by atoms with E-state index in [2.05, 4.69) is 26.3 Å². The maximum Gasteiger partial charge on any atom is 0.376 e. The summed E-state index contributed by atoms with van der Waals surface area (Å²) in [6.07, 6.45) is 2.53. The molecule has 1 unspecified atom stereocenters. The van der Waals surface area contributed by atoms with Crippen LogP contribution in [0.5, 0.6) is 0 Å². The van der Waals surface area contributed by atoms with Gasteiger partial charge in [0, 0.05) is 18.3 Å². The maximum absolute atomic E-state index is 13.6. The van der Waals surface area contributed by atoms with Crippen LogP contribution in [0.2, 0.25) is 1.41 Å². The number of aromatic nitrogens is 2. The lowest BCUT2D eigenvalue weighted by atomic mass is 9.98. The number of benzene rings is 3. The van der Waals surface area contributed by atoms with Gasteiger partial charge < -0.3 is 31.0 Å². The van der Waals surface area contributed by atoms with Crippen molar-refractivity contribution < 1.29 is 29.9 Å². The zero-order valence-corrected chi connectivity index (χ0v) is 26.0. The first-order chi connectivity index (χ1) is 22.2. The van der Waals surface area contributed by atoms with Gasteiger partial charge >= 0.3 is 5.97 Å². The number of imidazole rings is 1. The van der Waals surface area contributed by atoms with Crippen molar-refractivity contribution in [3.8, 4) is 0 Å². The maximum atomic E-state index is 13.6. The van der Waals surface area contributed by atoms with Crippen LogP contribution in [0, 0.1) is 5.92 Å². The summed E-state index contributed by atoms with van der Waals surface area (Å²) in [5.41, 5.74) is 4.56. The third-order valence-electron chi connectivity index (χ3n) is 6.89. The topological polar surface area (TPSA) is 171 Å². The van der Waals surface area contributed by atoms with Gasteiger partial charge in [-0.25, -0.2) is 9.78 Å². The zero-order valence-electron chi connectivity index (χ0n) is 26.1. The number of ether oxygens (including phenoxy) is 1. The molecule has 0 bridgehead atoms. The number of hydrogen-bond donors (Lipinski definition) is 4. The fourth-order valence-corrected chi connectivity index (χ4v) is 5.40. The van der Waals surface area contributed by atoms with Crippen molar-refractivity contribution in [3.63, 3.8) is 0 Å². The number of fused-ring (bicyclic) bond motifs is 1. The average Bonchev–Trinajstić information content (AvgIpc) is 3.55. The average molecular weight is 633 g/mol. The molecule has 0 aliphatic rings. The lowest BCUT2D eigenvalue weighted by molar-refractivity contribution is -0.177. The van der Waals surface area contributed by atoms with E-state index in [4.69, 9.17) is 10.7 Å². The summed E-state index contributed by atoms with van der Waals surface area (Å²) in [5.74, 6) is -1.11. The minimum atomic E-state index is -2.64. The van der Waals surface area contributed by atoms with Crippen molar-refractivity contribution >= 4 is 42.4 Å². The van der Waals surface area contributed by atoms with Gasteiger partial charge in [0.25, 0.3) is 0 Å². The highest BCUT2D eigenvalue weighted by molar-refractivity contribution is 7.47. The van der Waals surface area contributed by atoms with Crippen molar-refractivity contribution in [2.75, 3.05) is 0 Å². The Morgan fingerprint density at radius 3 is 2.51 bits per heavy atom. The van der Waals surface area contributed by atoms with Gasteiger partial charge in [-0.05, 0) is 40.7 Å². The number of rotatable bonds is 16. The smallest absolute Gasteiger partial charge is 0.376 e. The molecular weight excluding hydrogens is 593 g/mol. The van der Waals surface area contributed by atoms with Gasteiger partial charge in [0.1, 0.15) is 14.1 Å². The van der Waals surface area contributed by atoms with Crippen molar-refractivity contribution in [2.45, 2.75) is 58.0 Å². The molecule has 0 aliphatic heterocycles. The number of aromatic amines is 1. The third-order valence-corrected chi connectivity index (χ3v) is 7.77. The van der Waals surface area contributed by atoms with E-state index in [-0.39, 0.29) is 31.8 Å². The monoisotopic (exact) mass is 632 g/mol.